The normalized spacial score (nSPS) is 23.4. The molecule has 0 unspecified atom stereocenters. The van der Waals surface area contributed by atoms with E-state index in [0.29, 0.717) is 12.8 Å². The zero-order valence-corrected chi connectivity index (χ0v) is 10.5. The number of rotatable bonds is 3. The summed E-state index contributed by atoms with van der Waals surface area (Å²) >= 11 is 0. The van der Waals surface area contributed by atoms with E-state index in [1.54, 1.807) is 0 Å². The van der Waals surface area contributed by atoms with Crippen LogP contribution in [-0.2, 0) is 0 Å². The lowest BCUT2D eigenvalue weighted by atomic mass is 9.86. The number of aromatic carboxylic acids is 1. The summed E-state index contributed by atoms with van der Waals surface area (Å²) in [7, 11) is 0. The van der Waals surface area contributed by atoms with Crippen molar-refractivity contribution in [2.75, 3.05) is 5.32 Å². The van der Waals surface area contributed by atoms with Crippen LogP contribution in [0.4, 0.5) is 19.1 Å². The molecule has 0 atom stereocenters. The molecule has 0 saturated heterocycles. The highest BCUT2D eigenvalue weighted by Crippen LogP contribution is 2.37. The zero-order chi connectivity index (χ0) is 14.8. The average Bonchev–Trinajstić information content (AvgIpc) is 2.38. The number of aromatic nitrogens is 2. The molecule has 1 aliphatic carbocycles. The van der Waals surface area contributed by atoms with Gasteiger partial charge in [-0.15, -0.1) is 0 Å². The number of nitrogens with zero attached hydrogens (tertiary/aromatic N) is 2. The molecule has 1 aliphatic rings. The van der Waals surface area contributed by atoms with E-state index in [1.807, 2.05) is 0 Å². The Kier molecular flexibility index (Phi) is 4.10. The average molecular weight is 289 g/mol. The molecule has 5 nitrogen and oxygen atoms in total. The minimum absolute atomic E-state index is 0.0692. The first-order valence-corrected chi connectivity index (χ1v) is 6.26. The van der Waals surface area contributed by atoms with Crippen molar-refractivity contribution in [3.8, 4) is 0 Å². The van der Waals surface area contributed by atoms with Gasteiger partial charge in [-0.05, 0) is 31.7 Å². The van der Waals surface area contributed by atoms with E-state index in [9.17, 15) is 18.0 Å². The van der Waals surface area contributed by atoms with Crippen molar-refractivity contribution in [2.45, 2.75) is 37.9 Å². The van der Waals surface area contributed by atoms with Crippen LogP contribution in [0.2, 0.25) is 0 Å². The van der Waals surface area contributed by atoms with Crippen LogP contribution in [0, 0.1) is 5.92 Å². The van der Waals surface area contributed by atoms with Gasteiger partial charge in [0.1, 0.15) is 0 Å². The van der Waals surface area contributed by atoms with E-state index < -0.39 is 18.1 Å². The van der Waals surface area contributed by atoms with Gasteiger partial charge in [-0.3, -0.25) is 0 Å². The fraction of sp³-hybridized carbons (Fsp3) is 0.583. The molecule has 1 fully saturated rings. The van der Waals surface area contributed by atoms with Gasteiger partial charge in [-0.2, -0.15) is 13.2 Å². The summed E-state index contributed by atoms with van der Waals surface area (Å²) in [5.41, 5.74) is -0.147. The van der Waals surface area contributed by atoms with Gasteiger partial charge in [0.2, 0.25) is 5.95 Å². The maximum atomic E-state index is 12.5. The molecule has 2 N–H and O–H groups in total. The Hall–Kier alpha value is -1.86. The van der Waals surface area contributed by atoms with Crippen LogP contribution in [0.3, 0.4) is 0 Å². The summed E-state index contributed by atoms with van der Waals surface area (Å²) in [5.74, 6) is -2.27. The number of alkyl halides is 3. The molecule has 1 aromatic rings. The van der Waals surface area contributed by atoms with Gasteiger partial charge >= 0.3 is 12.1 Å². The van der Waals surface area contributed by atoms with E-state index in [4.69, 9.17) is 5.11 Å². The lowest BCUT2D eigenvalue weighted by Gasteiger charge is -2.30. The van der Waals surface area contributed by atoms with E-state index in [2.05, 4.69) is 15.3 Å². The topological polar surface area (TPSA) is 75.1 Å². The number of hydrogen-bond donors (Lipinski definition) is 2. The standard InChI is InChI=1S/C12H14F3N3O2/c13-12(14,15)7-1-3-8(4-2-7)17-11-16-6-5-9(18-11)10(19)20/h5-8H,1-4H2,(H,19,20)(H,16,17,18). The van der Waals surface area contributed by atoms with Gasteiger partial charge in [0.05, 0.1) is 5.92 Å². The highest BCUT2D eigenvalue weighted by Gasteiger charge is 2.41. The first kappa shape index (κ1) is 14.5. The molecule has 0 radical (unpaired) electrons. The molecule has 0 spiro atoms. The van der Waals surface area contributed by atoms with Gasteiger partial charge in [0.15, 0.2) is 5.69 Å². The molecule has 110 valence electrons. The second-order valence-corrected chi connectivity index (χ2v) is 4.81. The Bertz CT molecular complexity index is 485. The second kappa shape index (κ2) is 5.64. The molecule has 1 heterocycles. The summed E-state index contributed by atoms with van der Waals surface area (Å²) in [6, 6.07) is 1.10. The van der Waals surface area contributed by atoms with Gasteiger partial charge < -0.3 is 10.4 Å². The minimum Gasteiger partial charge on any atom is -0.477 e. The van der Waals surface area contributed by atoms with E-state index in [0.717, 1.165) is 0 Å². The summed E-state index contributed by atoms with van der Waals surface area (Å²) in [4.78, 5) is 18.4. The van der Waals surface area contributed by atoms with Crippen molar-refractivity contribution >= 4 is 11.9 Å². The Morgan fingerprint density at radius 2 is 1.95 bits per heavy atom. The van der Waals surface area contributed by atoms with Gasteiger partial charge in [0, 0.05) is 12.2 Å². The first-order valence-electron chi connectivity index (χ1n) is 6.26. The Morgan fingerprint density at radius 3 is 2.50 bits per heavy atom. The summed E-state index contributed by atoms with van der Waals surface area (Å²) in [6.07, 6.45) is -1.96. The fourth-order valence-corrected chi connectivity index (χ4v) is 2.30. The molecule has 1 aromatic heterocycles. The molecule has 0 aliphatic heterocycles. The molecule has 0 bridgehead atoms. The van der Waals surface area contributed by atoms with Gasteiger partial charge in [-0.1, -0.05) is 0 Å². The van der Waals surface area contributed by atoms with Crippen LogP contribution in [0.5, 0.6) is 0 Å². The van der Waals surface area contributed by atoms with Crippen molar-refractivity contribution < 1.29 is 23.1 Å². The SMILES string of the molecule is O=C(O)c1ccnc(NC2CCC(C(F)(F)F)CC2)n1. The maximum absolute atomic E-state index is 12.5. The Labute approximate surface area is 113 Å². The quantitative estimate of drug-likeness (QED) is 0.894. The van der Waals surface area contributed by atoms with Crippen LogP contribution in [0.1, 0.15) is 36.2 Å². The zero-order valence-electron chi connectivity index (χ0n) is 10.5. The number of nitrogens with one attached hydrogen (secondary N) is 1. The first-order chi connectivity index (χ1) is 9.36. The van der Waals surface area contributed by atoms with Crippen LogP contribution >= 0.6 is 0 Å². The van der Waals surface area contributed by atoms with Crippen molar-refractivity contribution in [2.24, 2.45) is 5.92 Å². The molecule has 0 amide bonds. The lowest BCUT2D eigenvalue weighted by molar-refractivity contribution is -0.182. The smallest absolute Gasteiger partial charge is 0.391 e. The van der Waals surface area contributed by atoms with Crippen LogP contribution < -0.4 is 5.32 Å². The van der Waals surface area contributed by atoms with Crippen molar-refractivity contribution in [1.29, 1.82) is 0 Å². The Balaban J connectivity index is 1.93. The number of halogens is 3. The van der Waals surface area contributed by atoms with Crippen molar-refractivity contribution in [1.82, 2.24) is 9.97 Å². The number of anilines is 1. The number of hydrogen-bond acceptors (Lipinski definition) is 4. The summed E-state index contributed by atoms with van der Waals surface area (Å²) in [6.45, 7) is 0. The third-order valence-corrected chi connectivity index (χ3v) is 3.40. The fourth-order valence-electron chi connectivity index (χ4n) is 2.30. The molecular formula is C12H14F3N3O2. The molecule has 0 aromatic carbocycles. The highest BCUT2D eigenvalue weighted by molar-refractivity contribution is 5.85. The third kappa shape index (κ3) is 3.58. The van der Waals surface area contributed by atoms with Crippen molar-refractivity contribution in [3.63, 3.8) is 0 Å². The molecule has 20 heavy (non-hydrogen) atoms. The predicted molar refractivity (Wildman–Crippen MR) is 64.4 cm³/mol. The van der Waals surface area contributed by atoms with E-state index in [-0.39, 0.29) is 30.5 Å². The van der Waals surface area contributed by atoms with E-state index >= 15 is 0 Å². The maximum Gasteiger partial charge on any atom is 0.391 e. The monoisotopic (exact) mass is 289 g/mol. The predicted octanol–water partition coefficient (Wildman–Crippen LogP) is 2.71. The van der Waals surface area contributed by atoms with E-state index in [1.165, 1.54) is 12.3 Å². The third-order valence-electron chi connectivity index (χ3n) is 3.40. The lowest BCUT2D eigenvalue weighted by Crippen LogP contribution is -2.33. The summed E-state index contributed by atoms with van der Waals surface area (Å²) < 4.78 is 37.6. The van der Waals surface area contributed by atoms with Crippen LogP contribution in [0.15, 0.2) is 12.3 Å². The summed E-state index contributed by atoms with van der Waals surface area (Å²) in [5, 5.41) is 11.7. The number of carboxylic acids is 1. The van der Waals surface area contributed by atoms with Gasteiger partial charge in [-0.25, -0.2) is 14.8 Å². The highest BCUT2D eigenvalue weighted by atomic mass is 19.4. The van der Waals surface area contributed by atoms with Crippen LogP contribution in [0.25, 0.3) is 0 Å². The number of carboxylic acid groups (broad SMARTS) is 1. The largest absolute Gasteiger partial charge is 0.477 e. The molecule has 2 rings (SSSR count). The minimum atomic E-state index is -4.13. The van der Waals surface area contributed by atoms with Crippen molar-refractivity contribution in [3.05, 3.63) is 18.0 Å². The molecular weight excluding hydrogens is 275 g/mol. The molecule has 8 heteroatoms. The second-order valence-electron chi connectivity index (χ2n) is 4.81. The van der Waals surface area contributed by atoms with Crippen LogP contribution in [-0.4, -0.2) is 33.3 Å². The number of carbonyl (C=O) groups is 1. The molecule has 1 saturated carbocycles. The van der Waals surface area contributed by atoms with Gasteiger partial charge in [0.25, 0.3) is 0 Å². The Morgan fingerprint density at radius 1 is 1.30 bits per heavy atom.